The van der Waals surface area contributed by atoms with Crippen LogP contribution in [0, 0.1) is 0 Å². The van der Waals surface area contributed by atoms with Gasteiger partial charge >= 0.3 is 0 Å². The molecule has 0 aliphatic rings. The molecule has 2 rings (SSSR count). The lowest BCUT2D eigenvalue weighted by Gasteiger charge is -2.04. The van der Waals surface area contributed by atoms with Crippen LogP contribution in [0.5, 0.6) is 5.75 Å². The summed E-state index contributed by atoms with van der Waals surface area (Å²) in [6, 6.07) is 15.3. The Morgan fingerprint density at radius 1 is 1.15 bits per heavy atom. The Hall–Kier alpha value is -2.10. The number of quaternary nitrogens is 1. The Morgan fingerprint density at radius 2 is 1.90 bits per heavy atom. The van der Waals surface area contributed by atoms with Crippen LogP contribution < -0.4 is 10.2 Å². The zero-order valence-corrected chi connectivity index (χ0v) is 11.8. The van der Waals surface area contributed by atoms with Gasteiger partial charge in [0.1, 0.15) is 6.61 Å². The van der Waals surface area contributed by atoms with Gasteiger partial charge in [0, 0.05) is 11.1 Å². The van der Waals surface area contributed by atoms with Crippen LogP contribution in [0.15, 0.2) is 66.3 Å². The number of nitrogens with zero attached hydrogens (tertiary/aromatic N) is 1. The molecule has 0 heterocycles. The van der Waals surface area contributed by atoms with Gasteiger partial charge in [-0.2, -0.15) is 5.43 Å². The summed E-state index contributed by atoms with van der Waals surface area (Å²) >= 11 is 5.83. The van der Waals surface area contributed by atoms with E-state index in [-0.39, 0.29) is 0 Å². The van der Waals surface area contributed by atoms with Crippen LogP contribution in [-0.2, 0) is 0 Å². The predicted molar refractivity (Wildman–Crippen MR) is 82.8 cm³/mol. The lowest BCUT2D eigenvalue weighted by atomic mass is 10.2. The van der Waals surface area contributed by atoms with Crippen LogP contribution in [0.1, 0.15) is 5.56 Å². The number of hydrogen-bond donors (Lipinski definition) is 1. The first-order valence-corrected chi connectivity index (χ1v) is 6.62. The van der Waals surface area contributed by atoms with Gasteiger partial charge in [-0.3, -0.25) is 0 Å². The highest BCUT2D eigenvalue weighted by molar-refractivity contribution is 6.30. The first-order valence-electron chi connectivity index (χ1n) is 6.24. The molecule has 0 aliphatic heterocycles. The molecule has 0 saturated heterocycles. The average molecular weight is 288 g/mol. The van der Waals surface area contributed by atoms with Gasteiger partial charge in [-0.1, -0.05) is 53.6 Å². The average Bonchev–Trinajstić information content (AvgIpc) is 2.48. The second-order valence-electron chi connectivity index (χ2n) is 4.10. The molecule has 102 valence electrons. The third kappa shape index (κ3) is 4.23. The maximum absolute atomic E-state index is 5.83. The Bertz CT molecular complexity index is 594. The molecule has 0 atom stereocenters. The topological polar surface area (TPSA) is 38.2 Å². The monoisotopic (exact) mass is 287 g/mol. The van der Waals surface area contributed by atoms with Crippen molar-refractivity contribution in [2.75, 3.05) is 6.61 Å². The van der Waals surface area contributed by atoms with E-state index in [9.17, 15) is 0 Å². The van der Waals surface area contributed by atoms with E-state index in [0.29, 0.717) is 11.6 Å². The van der Waals surface area contributed by atoms with Gasteiger partial charge in [-0.25, -0.2) is 0 Å². The molecule has 0 bridgehead atoms. The lowest BCUT2D eigenvalue weighted by Crippen LogP contribution is -2.71. The van der Waals surface area contributed by atoms with E-state index in [0.717, 1.165) is 17.0 Å². The van der Waals surface area contributed by atoms with Gasteiger partial charge in [0.05, 0.1) is 6.21 Å². The third-order valence-corrected chi connectivity index (χ3v) is 2.83. The highest BCUT2D eigenvalue weighted by atomic mass is 35.5. The van der Waals surface area contributed by atoms with E-state index in [4.69, 9.17) is 16.3 Å². The fourth-order valence-electron chi connectivity index (χ4n) is 1.62. The molecule has 3 nitrogen and oxygen atoms in total. The molecule has 2 aromatic rings. The number of para-hydroxylation sites is 1. The summed E-state index contributed by atoms with van der Waals surface area (Å²) in [6.07, 6.45) is 3.49. The molecule has 0 aliphatic carbocycles. The van der Waals surface area contributed by atoms with Gasteiger partial charge in [-0.05, 0) is 23.8 Å². The van der Waals surface area contributed by atoms with Crippen LogP contribution in [-0.4, -0.2) is 12.8 Å². The fourth-order valence-corrected chi connectivity index (χ4v) is 1.75. The van der Waals surface area contributed by atoms with Crippen LogP contribution in [0.3, 0.4) is 0 Å². The molecule has 0 unspecified atom stereocenters. The number of rotatable bonds is 6. The second-order valence-corrected chi connectivity index (χ2v) is 4.53. The van der Waals surface area contributed by atoms with Crippen molar-refractivity contribution in [1.29, 1.82) is 0 Å². The van der Waals surface area contributed by atoms with Gasteiger partial charge in [0.2, 0.25) is 0 Å². The van der Waals surface area contributed by atoms with Gasteiger partial charge in [-0.15, -0.1) is 0 Å². The zero-order valence-electron chi connectivity index (χ0n) is 11.0. The summed E-state index contributed by atoms with van der Waals surface area (Å²) < 4.78 is 5.56. The smallest absolute Gasteiger partial charge is 0.198 e. The third-order valence-electron chi connectivity index (χ3n) is 2.58. The quantitative estimate of drug-likeness (QED) is 0.286. The van der Waals surface area contributed by atoms with Crippen LogP contribution in [0.25, 0.3) is 0 Å². The minimum absolute atomic E-state index is 0.478. The summed E-state index contributed by atoms with van der Waals surface area (Å²) in [5.41, 5.74) is 3.70. The van der Waals surface area contributed by atoms with Crippen molar-refractivity contribution in [3.05, 3.63) is 71.8 Å². The maximum atomic E-state index is 5.83. The van der Waals surface area contributed by atoms with Crippen molar-refractivity contribution < 1.29 is 10.2 Å². The predicted octanol–water partition coefficient (Wildman–Crippen LogP) is 3.13. The first-order chi connectivity index (χ1) is 9.79. The van der Waals surface area contributed by atoms with Crippen molar-refractivity contribution in [3.8, 4) is 5.75 Å². The fraction of sp³-hybridized carbons (Fsp3) is 0.0625. The molecule has 20 heavy (non-hydrogen) atoms. The molecular formula is C16H16ClN2O+. The number of nitrogens with two attached hydrogens (primary N) is 1. The van der Waals surface area contributed by atoms with E-state index in [2.05, 4.69) is 11.7 Å². The Kier molecular flexibility index (Phi) is 5.35. The number of benzene rings is 2. The zero-order chi connectivity index (χ0) is 14.2. The van der Waals surface area contributed by atoms with Crippen molar-refractivity contribution in [1.82, 2.24) is 0 Å². The highest BCUT2D eigenvalue weighted by Crippen LogP contribution is 2.18. The summed E-state index contributed by atoms with van der Waals surface area (Å²) in [5, 5.41) is 5.03. The maximum Gasteiger partial charge on any atom is 0.198 e. The summed E-state index contributed by atoms with van der Waals surface area (Å²) in [5.74, 6) is 0.792. The first kappa shape index (κ1) is 14.3. The van der Waals surface area contributed by atoms with Crippen LogP contribution in [0.4, 0.5) is 5.69 Å². The molecular weight excluding hydrogens is 272 g/mol. The van der Waals surface area contributed by atoms with Gasteiger partial charge in [0.15, 0.2) is 11.4 Å². The molecule has 0 saturated carbocycles. The van der Waals surface area contributed by atoms with Crippen molar-refractivity contribution >= 4 is 23.5 Å². The van der Waals surface area contributed by atoms with Crippen molar-refractivity contribution in [2.45, 2.75) is 0 Å². The number of ether oxygens (including phenoxy) is 1. The van der Waals surface area contributed by atoms with Crippen LogP contribution >= 0.6 is 11.6 Å². The molecule has 0 spiro atoms. The second kappa shape index (κ2) is 7.48. The molecule has 0 aromatic heterocycles. The summed E-state index contributed by atoms with van der Waals surface area (Å²) in [4.78, 5) is 0. The Morgan fingerprint density at radius 3 is 2.65 bits per heavy atom. The van der Waals surface area contributed by atoms with Crippen molar-refractivity contribution in [3.63, 3.8) is 0 Å². The minimum Gasteiger partial charge on any atom is -0.483 e. The highest BCUT2D eigenvalue weighted by Gasteiger charge is 2.04. The SMILES string of the molecule is C=CCOc1ccccc1[NH2+]/N=C\c1ccc(Cl)cc1. The van der Waals surface area contributed by atoms with Gasteiger partial charge in [0.25, 0.3) is 0 Å². The normalized spacial score (nSPS) is 10.7. The Labute approximate surface area is 123 Å². The standard InChI is InChI=1S/C16H15ClN2O/c1-2-11-20-16-6-4-3-5-15(16)19-18-12-13-7-9-14(17)10-8-13/h2-10,12,19H,1,11H2/p+1/b18-12-. The lowest BCUT2D eigenvalue weighted by molar-refractivity contribution is -0.577. The molecule has 4 heteroatoms. The minimum atomic E-state index is 0.478. The van der Waals surface area contributed by atoms with E-state index in [1.165, 1.54) is 0 Å². The summed E-state index contributed by atoms with van der Waals surface area (Å²) in [7, 11) is 0. The molecule has 0 fully saturated rings. The molecule has 2 N–H and O–H groups in total. The number of halogens is 1. The number of hydrogen-bond acceptors (Lipinski definition) is 2. The Balaban J connectivity index is 2.02. The molecule has 0 amide bonds. The van der Waals surface area contributed by atoms with Gasteiger partial charge < -0.3 is 4.74 Å². The van der Waals surface area contributed by atoms with E-state index in [1.807, 2.05) is 48.5 Å². The summed E-state index contributed by atoms with van der Waals surface area (Å²) in [6.45, 7) is 4.12. The van der Waals surface area contributed by atoms with E-state index in [1.54, 1.807) is 17.7 Å². The van der Waals surface area contributed by atoms with E-state index < -0.39 is 0 Å². The van der Waals surface area contributed by atoms with Crippen molar-refractivity contribution in [2.24, 2.45) is 5.10 Å². The largest absolute Gasteiger partial charge is 0.483 e. The van der Waals surface area contributed by atoms with E-state index >= 15 is 0 Å². The molecule has 2 aromatic carbocycles. The van der Waals surface area contributed by atoms with Crippen LogP contribution in [0.2, 0.25) is 5.02 Å². The molecule has 0 radical (unpaired) electrons.